The van der Waals surface area contributed by atoms with Crippen LogP contribution in [0.4, 0.5) is 5.82 Å². The van der Waals surface area contributed by atoms with Crippen LogP contribution in [0, 0.1) is 5.92 Å². The molecule has 1 aliphatic heterocycles. The van der Waals surface area contributed by atoms with E-state index in [1.165, 1.54) is 17.5 Å². The summed E-state index contributed by atoms with van der Waals surface area (Å²) in [5.41, 5.74) is 2.49. The molecule has 4 heterocycles. The number of anilines is 1. The van der Waals surface area contributed by atoms with Crippen LogP contribution in [0.5, 0.6) is 0 Å². The van der Waals surface area contributed by atoms with Crippen LogP contribution in [0.15, 0.2) is 65.2 Å². The Morgan fingerprint density at radius 1 is 1.22 bits per heavy atom. The number of rotatable bonds is 5. The maximum atomic E-state index is 12.9. The Labute approximate surface area is 188 Å². The van der Waals surface area contributed by atoms with Gasteiger partial charge in [-0.3, -0.25) is 23.9 Å². The standard InChI is InChI=1S/C23H22N6O2S/c30-21-11-18(26-23-29(21)19(15-32-23)16-5-2-1-3-6-16)14-28-10-4-7-17(13-28)22(31)27-20-12-24-8-9-25-20/h1-3,5-6,8-9,11-12,15,17H,4,7,10,13-14H2,(H,25,27,31)/t17-/m0/s1. The summed E-state index contributed by atoms with van der Waals surface area (Å²) in [6.45, 7) is 2.03. The maximum absolute atomic E-state index is 12.9. The fraction of sp³-hybridized carbons (Fsp3) is 0.261. The summed E-state index contributed by atoms with van der Waals surface area (Å²) in [5, 5.41) is 4.81. The second-order valence-corrected chi connectivity index (χ2v) is 8.68. The minimum Gasteiger partial charge on any atom is -0.309 e. The van der Waals surface area contributed by atoms with Crippen molar-refractivity contribution in [3.8, 4) is 11.3 Å². The van der Waals surface area contributed by atoms with E-state index in [0.29, 0.717) is 23.9 Å². The average molecular weight is 447 g/mol. The van der Waals surface area contributed by atoms with Crippen molar-refractivity contribution in [1.29, 1.82) is 0 Å². The van der Waals surface area contributed by atoms with E-state index in [1.54, 1.807) is 22.9 Å². The first kappa shape index (κ1) is 20.5. The Kier molecular flexibility index (Phi) is 5.74. The molecule has 32 heavy (non-hydrogen) atoms. The lowest BCUT2D eigenvalue weighted by Gasteiger charge is -2.31. The van der Waals surface area contributed by atoms with Gasteiger partial charge in [0, 0.05) is 36.9 Å². The number of aromatic nitrogens is 4. The summed E-state index contributed by atoms with van der Waals surface area (Å²) in [6, 6.07) is 11.5. The molecule has 1 atom stereocenters. The topological polar surface area (TPSA) is 92.5 Å². The molecule has 8 nitrogen and oxygen atoms in total. The quantitative estimate of drug-likeness (QED) is 0.507. The number of piperidine rings is 1. The SMILES string of the molecule is O=C(Nc1cnccn1)[C@H]1CCCN(Cc2cc(=O)n3c(-c4ccccc4)csc3n2)C1. The molecular weight excluding hydrogens is 424 g/mol. The van der Waals surface area contributed by atoms with Crippen LogP contribution in [-0.2, 0) is 11.3 Å². The molecule has 1 amide bonds. The van der Waals surface area contributed by atoms with Crippen LogP contribution >= 0.6 is 11.3 Å². The number of carbonyl (C=O) groups is 1. The lowest BCUT2D eigenvalue weighted by Crippen LogP contribution is -2.40. The third kappa shape index (κ3) is 4.30. The first-order chi connectivity index (χ1) is 15.7. The van der Waals surface area contributed by atoms with Crippen molar-refractivity contribution in [3.63, 3.8) is 0 Å². The number of nitrogens with one attached hydrogen (secondary N) is 1. The van der Waals surface area contributed by atoms with Crippen LogP contribution in [0.25, 0.3) is 16.2 Å². The summed E-state index contributed by atoms with van der Waals surface area (Å²) < 4.78 is 1.66. The molecule has 4 aromatic rings. The number of hydrogen-bond acceptors (Lipinski definition) is 7. The van der Waals surface area contributed by atoms with Gasteiger partial charge in [-0.05, 0) is 24.9 Å². The highest BCUT2D eigenvalue weighted by Gasteiger charge is 2.26. The van der Waals surface area contributed by atoms with Gasteiger partial charge in [0.05, 0.1) is 23.5 Å². The average Bonchev–Trinajstić information content (AvgIpc) is 3.25. The van der Waals surface area contributed by atoms with Crippen molar-refractivity contribution in [2.75, 3.05) is 18.4 Å². The molecule has 5 rings (SSSR count). The van der Waals surface area contributed by atoms with Crippen LogP contribution < -0.4 is 10.9 Å². The Balaban J connectivity index is 1.31. The number of hydrogen-bond donors (Lipinski definition) is 1. The Bertz CT molecular complexity index is 1290. The zero-order chi connectivity index (χ0) is 21.9. The highest BCUT2D eigenvalue weighted by atomic mass is 32.1. The molecule has 3 aromatic heterocycles. The molecule has 0 unspecified atom stereocenters. The zero-order valence-electron chi connectivity index (χ0n) is 17.3. The lowest BCUT2D eigenvalue weighted by molar-refractivity contribution is -0.121. The number of carbonyl (C=O) groups excluding carboxylic acids is 1. The molecule has 1 N–H and O–H groups in total. The van der Waals surface area contributed by atoms with Gasteiger partial charge in [0.15, 0.2) is 10.8 Å². The summed E-state index contributed by atoms with van der Waals surface area (Å²) in [4.78, 5) is 41.3. The number of fused-ring (bicyclic) bond motifs is 1. The van der Waals surface area contributed by atoms with Gasteiger partial charge in [-0.25, -0.2) is 9.97 Å². The van der Waals surface area contributed by atoms with Crippen molar-refractivity contribution in [1.82, 2.24) is 24.3 Å². The molecule has 1 aromatic carbocycles. The van der Waals surface area contributed by atoms with E-state index >= 15 is 0 Å². The minimum absolute atomic E-state index is 0.0514. The number of benzene rings is 1. The van der Waals surface area contributed by atoms with E-state index in [4.69, 9.17) is 4.98 Å². The highest BCUT2D eigenvalue weighted by Crippen LogP contribution is 2.24. The number of nitrogens with zero attached hydrogens (tertiary/aromatic N) is 5. The van der Waals surface area contributed by atoms with Crippen molar-refractivity contribution >= 4 is 28.0 Å². The van der Waals surface area contributed by atoms with Crippen molar-refractivity contribution < 1.29 is 4.79 Å². The molecule has 9 heteroatoms. The first-order valence-electron chi connectivity index (χ1n) is 10.5. The number of thiazole rings is 1. The van der Waals surface area contributed by atoms with E-state index in [0.717, 1.165) is 36.3 Å². The van der Waals surface area contributed by atoms with Crippen LogP contribution in [0.3, 0.4) is 0 Å². The highest BCUT2D eigenvalue weighted by molar-refractivity contribution is 7.15. The van der Waals surface area contributed by atoms with Crippen LogP contribution in [0.2, 0.25) is 0 Å². The zero-order valence-corrected chi connectivity index (χ0v) is 18.2. The van der Waals surface area contributed by atoms with Crippen molar-refractivity contribution in [3.05, 3.63) is 76.4 Å². The predicted molar refractivity (Wildman–Crippen MR) is 123 cm³/mol. The van der Waals surface area contributed by atoms with Crippen molar-refractivity contribution in [2.45, 2.75) is 19.4 Å². The summed E-state index contributed by atoms with van der Waals surface area (Å²) in [5.74, 6) is 0.271. The smallest absolute Gasteiger partial charge is 0.259 e. The second kappa shape index (κ2) is 8.97. The van der Waals surface area contributed by atoms with E-state index < -0.39 is 0 Å². The molecule has 0 saturated carbocycles. The summed E-state index contributed by atoms with van der Waals surface area (Å²) in [6.07, 6.45) is 6.40. The number of likely N-dealkylation sites (tertiary alicyclic amines) is 1. The monoisotopic (exact) mass is 446 g/mol. The minimum atomic E-state index is -0.137. The van der Waals surface area contributed by atoms with E-state index in [1.807, 2.05) is 35.7 Å². The van der Waals surface area contributed by atoms with Crippen LogP contribution in [0.1, 0.15) is 18.5 Å². The lowest BCUT2D eigenvalue weighted by atomic mass is 9.97. The first-order valence-corrected chi connectivity index (χ1v) is 11.4. The van der Waals surface area contributed by atoms with Crippen molar-refractivity contribution in [2.24, 2.45) is 5.92 Å². The summed E-state index contributed by atoms with van der Waals surface area (Å²) in [7, 11) is 0. The predicted octanol–water partition coefficient (Wildman–Crippen LogP) is 3.06. The Morgan fingerprint density at radius 2 is 2.09 bits per heavy atom. The Morgan fingerprint density at radius 3 is 2.91 bits per heavy atom. The molecule has 1 aliphatic rings. The van der Waals surface area contributed by atoms with Gasteiger partial charge in [0.25, 0.3) is 5.56 Å². The fourth-order valence-corrected chi connectivity index (χ4v) is 5.01. The molecule has 0 spiro atoms. The third-order valence-electron chi connectivity index (χ3n) is 5.60. The second-order valence-electron chi connectivity index (χ2n) is 7.84. The fourth-order valence-electron chi connectivity index (χ4n) is 4.09. The molecule has 1 fully saturated rings. The number of amides is 1. The van der Waals surface area contributed by atoms with Gasteiger partial charge >= 0.3 is 0 Å². The van der Waals surface area contributed by atoms with E-state index in [9.17, 15) is 9.59 Å². The third-order valence-corrected chi connectivity index (χ3v) is 6.43. The van der Waals surface area contributed by atoms with Gasteiger partial charge in [0.1, 0.15) is 0 Å². The normalized spacial score (nSPS) is 16.8. The van der Waals surface area contributed by atoms with Gasteiger partial charge in [-0.1, -0.05) is 30.3 Å². The van der Waals surface area contributed by atoms with Gasteiger partial charge < -0.3 is 5.32 Å². The molecule has 0 bridgehead atoms. The van der Waals surface area contributed by atoms with Gasteiger partial charge in [-0.2, -0.15) is 0 Å². The molecule has 0 radical (unpaired) electrons. The molecule has 0 aliphatic carbocycles. The largest absolute Gasteiger partial charge is 0.309 e. The maximum Gasteiger partial charge on any atom is 0.259 e. The molecule has 1 saturated heterocycles. The molecular formula is C23H22N6O2S. The Hall–Kier alpha value is -3.43. The molecule has 162 valence electrons. The van der Waals surface area contributed by atoms with E-state index in [-0.39, 0.29) is 17.4 Å². The summed E-state index contributed by atoms with van der Waals surface area (Å²) >= 11 is 1.46. The van der Waals surface area contributed by atoms with Gasteiger partial charge in [-0.15, -0.1) is 11.3 Å². The van der Waals surface area contributed by atoms with E-state index in [2.05, 4.69) is 20.2 Å². The van der Waals surface area contributed by atoms with Crippen LogP contribution in [-0.4, -0.2) is 43.2 Å². The van der Waals surface area contributed by atoms with Gasteiger partial charge in [0.2, 0.25) is 5.91 Å².